The summed E-state index contributed by atoms with van der Waals surface area (Å²) in [6.45, 7) is 1.36. The van der Waals surface area contributed by atoms with Crippen molar-refractivity contribution in [1.29, 1.82) is 5.26 Å². The van der Waals surface area contributed by atoms with Gasteiger partial charge in [-0.25, -0.2) is 19.3 Å². The highest BCUT2D eigenvalue weighted by atomic mass is 35.5. The Kier molecular flexibility index (Phi) is 8.98. The Balaban J connectivity index is 1.43. The van der Waals surface area contributed by atoms with Gasteiger partial charge in [-0.15, -0.1) is 0 Å². The van der Waals surface area contributed by atoms with Crippen LogP contribution in [0.1, 0.15) is 28.9 Å². The number of rotatable bonds is 9. The molecule has 0 unspecified atom stereocenters. The van der Waals surface area contributed by atoms with Crippen molar-refractivity contribution >= 4 is 23.1 Å². The van der Waals surface area contributed by atoms with E-state index in [2.05, 4.69) is 43.5 Å². The van der Waals surface area contributed by atoms with Crippen LogP contribution in [0.2, 0.25) is 5.02 Å². The molecule has 0 spiro atoms. The van der Waals surface area contributed by atoms with Crippen LogP contribution in [0, 0.1) is 29.0 Å². The Morgan fingerprint density at radius 1 is 1.05 bits per heavy atom. The second kappa shape index (κ2) is 13.0. The number of nitriles is 1. The molecule has 0 radical (unpaired) electrons. The molecule has 0 amide bonds. The van der Waals surface area contributed by atoms with Crippen molar-refractivity contribution in [1.82, 2.24) is 20.3 Å². The number of hydrogen-bond donors (Lipinski definition) is 2. The Hall–Kier alpha value is -4.50. The van der Waals surface area contributed by atoms with Gasteiger partial charge in [-0.2, -0.15) is 5.26 Å². The quantitative estimate of drug-likeness (QED) is 0.229. The van der Waals surface area contributed by atoms with Crippen molar-refractivity contribution in [3.8, 4) is 23.7 Å². The molecule has 0 atom stereocenters. The van der Waals surface area contributed by atoms with Crippen LogP contribution in [0.4, 0.5) is 15.9 Å². The fraction of sp³-hybridized carbons (Fsp3) is 0.143. The molecule has 184 valence electrons. The molecule has 2 aromatic heterocycles. The van der Waals surface area contributed by atoms with Crippen molar-refractivity contribution in [3.63, 3.8) is 0 Å². The molecule has 2 N–H and O–H groups in total. The number of pyridine rings is 1. The largest absolute Gasteiger partial charge is 0.487 e. The molecule has 0 aliphatic rings. The molecule has 4 aromatic rings. The average molecular weight is 513 g/mol. The molecule has 37 heavy (non-hydrogen) atoms. The first-order valence-electron chi connectivity index (χ1n) is 11.4. The Morgan fingerprint density at radius 2 is 1.95 bits per heavy atom. The van der Waals surface area contributed by atoms with Gasteiger partial charge in [0.25, 0.3) is 0 Å². The van der Waals surface area contributed by atoms with E-state index >= 15 is 0 Å². The second-order valence-corrected chi connectivity index (χ2v) is 8.23. The van der Waals surface area contributed by atoms with Gasteiger partial charge in [0, 0.05) is 31.4 Å². The number of nitrogens with zero attached hydrogens (tertiary/aromatic N) is 4. The molecule has 9 heteroatoms. The van der Waals surface area contributed by atoms with Crippen LogP contribution in [0.15, 0.2) is 73.2 Å². The molecule has 0 fully saturated rings. The maximum absolute atomic E-state index is 13.4. The van der Waals surface area contributed by atoms with Gasteiger partial charge in [-0.1, -0.05) is 35.7 Å². The first kappa shape index (κ1) is 25.6. The van der Waals surface area contributed by atoms with Crippen molar-refractivity contribution in [2.24, 2.45) is 0 Å². The van der Waals surface area contributed by atoms with Crippen LogP contribution in [-0.2, 0) is 13.2 Å². The molecule has 0 aliphatic carbocycles. The van der Waals surface area contributed by atoms with E-state index in [9.17, 15) is 4.39 Å². The standard InChI is InChI=1S/C28H22ClFN6O/c29-26-15-24(10-11-27(26)37-18-20-4-1-5-22(30)14-20)36-28-21(16-33-19-34-28)8-9-23-6-2-7-25(35-23)17-32-13-3-12-31/h1-2,4-7,10-11,14-16,19,32H,3,13,17-18H2,(H,33,34,36). The van der Waals surface area contributed by atoms with E-state index in [-0.39, 0.29) is 12.4 Å². The summed E-state index contributed by atoms with van der Waals surface area (Å²) < 4.78 is 19.1. The lowest BCUT2D eigenvalue weighted by Crippen LogP contribution is -2.15. The van der Waals surface area contributed by atoms with E-state index in [1.807, 2.05) is 18.2 Å². The molecule has 2 aromatic carbocycles. The van der Waals surface area contributed by atoms with Gasteiger partial charge in [0.1, 0.15) is 36.0 Å². The van der Waals surface area contributed by atoms with Crippen molar-refractivity contribution in [2.75, 3.05) is 11.9 Å². The van der Waals surface area contributed by atoms with E-state index in [1.54, 1.807) is 36.5 Å². The molecule has 0 saturated heterocycles. The topological polar surface area (TPSA) is 95.8 Å². The zero-order valence-corrected chi connectivity index (χ0v) is 20.5. The van der Waals surface area contributed by atoms with Crippen LogP contribution in [-0.4, -0.2) is 21.5 Å². The molecule has 7 nitrogen and oxygen atoms in total. The average Bonchev–Trinajstić information content (AvgIpc) is 2.90. The van der Waals surface area contributed by atoms with Gasteiger partial charge in [0.15, 0.2) is 0 Å². The summed E-state index contributed by atoms with van der Waals surface area (Å²) in [7, 11) is 0. The molecular formula is C28H22ClFN6O. The minimum atomic E-state index is -0.317. The first-order valence-corrected chi connectivity index (χ1v) is 11.8. The highest BCUT2D eigenvalue weighted by Crippen LogP contribution is 2.30. The van der Waals surface area contributed by atoms with E-state index < -0.39 is 0 Å². The van der Waals surface area contributed by atoms with Crippen LogP contribution >= 0.6 is 11.6 Å². The van der Waals surface area contributed by atoms with Crippen molar-refractivity contribution < 1.29 is 9.13 Å². The smallest absolute Gasteiger partial charge is 0.149 e. The number of halogens is 2. The van der Waals surface area contributed by atoms with Crippen molar-refractivity contribution in [2.45, 2.75) is 19.6 Å². The van der Waals surface area contributed by atoms with Gasteiger partial charge in [0.2, 0.25) is 0 Å². The van der Waals surface area contributed by atoms with Gasteiger partial charge in [-0.3, -0.25) is 0 Å². The third-order valence-corrected chi connectivity index (χ3v) is 5.34. The number of hydrogen-bond acceptors (Lipinski definition) is 7. The number of anilines is 2. The molecule has 4 rings (SSSR count). The van der Waals surface area contributed by atoms with E-state index in [0.717, 1.165) is 5.69 Å². The monoisotopic (exact) mass is 512 g/mol. The summed E-state index contributed by atoms with van der Waals surface area (Å²) in [4.78, 5) is 12.9. The normalized spacial score (nSPS) is 10.2. The SMILES string of the molecule is N#CCCNCc1cccc(C#Cc2cncnc2Nc2ccc(OCc3cccc(F)c3)c(Cl)c2)n1. The Morgan fingerprint density at radius 3 is 2.78 bits per heavy atom. The van der Waals surface area contributed by atoms with E-state index in [0.29, 0.717) is 58.6 Å². The lowest BCUT2D eigenvalue weighted by molar-refractivity contribution is 0.306. The fourth-order valence-electron chi connectivity index (χ4n) is 3.28. The Labute approximate surface area is 219 Å². The van der Waals surface area contributed by atoms with Gasteiger partial charge < -0.3 is 15.4 Å². The molecule has 2 heterocycles. The van der Waals surface area contributed by atoms with Crippen molar-refractivity contribution in [3.05, 3.63) is 107 Å². The predicted octanol–water partition coefficient (Wildman–Crippen LogP) is 5.39. The molecule has 0 saturated carbocycles. The zero-order chi connectivity index (χ0) is 25.9. The number of ether oxygens (including phenoxy) is 1. The first-order chi connectivity index (χ1) is 18.1. The van der Waals surface area contributed by atoms with Crippen LogP contribution < -0.4 is 15.4 Å². The van der Waals surface area contributed by atoms with Gasteiger partial charge in [-0.05, 0) is 53.9 Å². The molecular weight excluding hydrogens is 491 g/mol. The lowest BCUT2D eigenvalue weighted by atomic mass is 10.2. The van der Waals surface area contributed by atoms with E-state index in [1.165, 1.54) is 18.5 Å². The third-order valence-electron chi connectivity index (χ3n) is 5.04. The maximum Gasteiger partial charge on any atom is 0.149 e. The zero-order valence-electron chi connectivity index (χ0n) is 19.7. The highest BCUT2D eigenvalue weighted by molar-refractivity contribution is 6.32. The third kappa shape index (κ3) is 7.74. The summed E-state index contributed by atoms with van der Waals surface area (Å²) in [6.07, 6.45) is 3.49. The fourth-order valence-corrected chi connectivity index (χ4v) is 3.52. The second-order valence-electron chi connectivity index (χ2n) is 7.82. The van der Waals surface area contributed by atoms with Crippen LogP contribution in [0.5, 0.6) is 5.75 Å². The summed E-state index contributed by atoms with van der Waals surface area (Å²) in [5.41, 5.74) is 3.43. The summed E-state index contributed by atoms with van der Waals surface area (Å²) in [5, 5.41) is 15.4. The van der Waals surface area contributed by atoms with Gasteiger partial charge in [0.05, 0.1) is 22.3 Å². The molecule has 0 aliphatic heterocycles. The minimum Gasteiger partial charge on any atom is -0.487 e. The maximum atomic E-state index is 13.4. The summed E-state index contributed by atoms with van der Waals surface area (Å²) in [6, 6.07) is 19.2. The summed E-state index contributed by atoms with van der Waals surface area (Å²) >= 11 is 6.41. The highest BCUT2D eigenvalue weighted by Gasteiger charge is 2.07. The Bertz CT molecular complexity index is 1480. The number of benzene rings is 2. The number of nitrogens with one attached hydrogen (secondary N) is 2. The van der Waals surface area contributed by atoms with Crippen LogP contribution in [0.3, 0.4) is 0 Å². The minimum absolute atomic E-state index is 0.196. The lowest BCUT2D eigenvalue weighted by Gasteiger charge is -2.11. The van der Waals surface area contributed by atoms with E-state index in [4.69, 9.17) is 21.6 Å². The van der Waals surface area contributed by atoms with Crippen LogP contribution in [0.25, 0.3) is 0 Å². The number of aromatic nitrogens is 3. The van der Waals surface area contributed by atoms with Gasteiger partial charge >= 0.3 is 0 Å². The predicted molar refractivity (Wildman–Crippen MR) is 140 cm³/mol. The molecule has 0 bridgehead atoms. The summed E-state index contributed by atoms with van der Waals surface area (Å²) in [5.74, 6) is 6.80.